The number of hydrogen-bond acceptors (Lipinski definition) is 2. The molecule has 0 bridgehead atoms. The van der Waals surface area contributed by atoms with Crippen LogP contribution in [0.1, 0.15) is 9.67 Å². The van der Waals surface area contributed by atoms with Crippen LogP contribution in [0.3, 0.4) is 0 Å². The summed E-state index contributed by atoms with van der Waals surface area (Å²) in [5, 5.41) is 2.38. The summed E-state index contributed by atoms with van der Waals surface area (Å²) < 4.78 is 27.6. The highest BCUT2D eigenvalue weighted by Crippen LogP contribution is 2.32. The van der Waals surface area contributed by atoms with E-state index in [-0.39, 0.29) is 5.69 Å². The minimum absolute atomic E-state index is 0.0537. The molecule has 1 N–H and O–H groups in total. The van der Waals surface area contributed by atoms with Crippen LogP contribution in [0.2, 0.25) is 0 Å². The Morgan fingerprint density at radius 1 is 1.22 bits per heavy atom. The number of thiophene rings is 1. The number of rotatable bonds is 2. The van der Waals surface area contributed by atoms with Crippen molar-refractivity contribution in [3.63, 3.8) is 0 Å². The van der Waals surface area contributed by atoms with Crippen molar-refractivity contribution in [2.24, 2.45) is 0 Å². The van der Waals surface area contributed by atoms with Crippen LogP contribution in [0.15, 0.2) is 32.5 Å². The highest BCUT2D eigenvalue weighted by atomic mass is 79.9. The van der Waals surface area contributed by atoms with Gasteiger partial charge in [0.25, 0.3) is 5.91 Å². The van der Waals surface area contributed by atoms with E-state index < -0.39 is 17.5 Å². The quantitative estimate of drug-likeness (QED) is 0.775. The molecule has 0 spiro atoms. The molecule has 0 saturated heterocycles. The third-order valence-corrected chi connectivity index (χ3v) is 5.30. The van der Waals surface area contributed by atoms with Gasteiger partial charge in [-0.05, 0) is 50.1 Å². The topological polar surface area (TPSA) is 29.1 Å². The van der Waals surface area contributed by atoms with Crippen molar-refractivity contribution < 1.29 is 13.6 Å². The molecule has 94 valence electrons. The molecule has 0 saturated carbocycles. The van der Waals surface area contributed by atoms with Crippen molar-refractivity contribution in [2.75, 3.05) is 5.32 Å². The van der Waals surface area contributed by atoms with Crippen LogP contribution in [0.4, 0.5) is 14.5 Å². The Labute approximate surface area is 122 Å². The van der Waals surface area contributed by atoms with E-state index in [1.807, 2.05) is 0 Å². The van der Waals surface area contributed by atoms with Gasteiger partial charge in [0.1, 0.15) is 11.6 Å². The van der Waals surface area contributed by atoms with Gasteiger partial charge in [-0.1, -0.05) is 0 Å². The molecule has 1 aromatic heterocycles. The van der Waals surface area contributed by atoms with Crippen molar-refractivity contribution in [2.45, 2.75) is 0 Å². The van der Waals surface area contributed by atoms with Gasteiger partial charge in [0.15, 0.2) is 0 Å². The molecule has 0 atom stereocenters. The molecule has 1 heterocycles. The number of nitrogens with one attached hydrogen (secondary N) is 1. The van der Waals surface area contributed by atoms with Gasteiger partial charge in [0.2, 0.25) is 0 Å². The van der Waals surface area contributed by atoms with Gasteiger partial charge in [0.05, 0.1) is 14.4 Å². The zero-order valence-electron chi connectivity index (χ0n) is 8.64. The van der Waals surface area contributed by atoms with Crippen LogP contribution in [0.25, 0.3) is 0 Å². The van der Waals surface area contributed by atoms with Crippen molar-refractivity contribution in [1.82, 2.24) is 0 Å². The molecule has 0 unspecified atom stereocenters. The summed E-state index contributed by atoms with van der Waals surface area (Å²) in [6.45, 7) is 0. The van der Waals surface area contributed by atoms with E-state index in [2.05, 4.69) is 37.2 Å². The fourth-order valence-corrected chi connectivity index (χ4v) is 3.16. The maximum atomic E-state index is 13.3. The Morgan fingerprint density at radius 2 is 1.94 bits per heavy atom. The number of halogens is 4. The fraction of sp³-hybridized carbons (Fsp3) is 0. The second-order valence-corrected chi connectivity index (χ2v) is 6.54. The summed E-state index contributed by atoms with van der Waals surface area (Å²) in [6.07, 6.45) is 0. The minimum atomic E-state index is -0.807. The Bertz CT molecular complexity index is 596. The largest absolute Gasteiger partial charge is 0.319 e. The van der Waals surface area contributed by atoms with Crippen LogP contribution in [-0.4, -0.2) is 5.91 Å². The molecule has 7 heteroatoms. The molecular formula is C11H5Br2F2NOS. The van der Waals surface area contributed by atoms with Crippen LogP contribution in [-0.2, 0) is 0 Å². The van der Waals surface area contributed by atoms with Gasteiger partial charge >= 0.3 is 0 Å². The lowest BCUT2D eigenvalue weighted by atomic mass is 10.3. The molecule has 1 aromatic carbocycles. The van der Waals surface area contributed by atoms with Gasteiger partial charge in [-0.2, -0.15) is 0 Å². The maximum absolute atomic E-state index is 13.3. The SMILES string of the molecule is O=C(Nc1ccc(F)cc1F)c1cc(Br)c(Br)s1. The number of carbonyl (C=O) groups is 1. The van der Waals surface area contributed by atoms with Gasteiger partial charge < -0.3 is 5.32 Å². The van der Waals surface area contributed by atoms with Crippen LogP contribution in [0, 0.1) is 11.6 Å². The molecule has 0 fully saturated rings. The Morgan fingerprint density at radius 3 is 2.50 bits per heavy atom. The normalized spacial score (nSPS) is 10.4. The summed E-state index contributed by atoms with van der Waals surface area (Å²) in [5.74, 6) is -1.94. The van der Waals surface area contributed by atoms with Crippen LogP contribution < -0.4 is 5.32 Å². The number of hydrogen-bond donors (Lipinski definition) is 1. The predicted octanol–water partition coefficient (Wildman–Crippen LogP) is 4.80. The van der Waals surface area contributed by atoms with Gasteiger partial charge in [-0.25, -0.2) is 8.78 Å². The van der Waals surface area contributed by atoms with Crippen molar-refractivity contribution in [3.8, 4) is 0 Å². The third kappa shape index (κ3) is 2.96. The van der Waals surface area contributed by atoms with Crippen molar-refractivity contribution in [3.05, 3.63) is 49.0 Å². The van der Waals surface area contributed by atoms with E-state index in [0.29, 0.717) is 4.88 Å². The van der Waals surface area contributed by atoms with E-state index in [1.54, 1.807) is 6.07 Å². The molecule has 2 nitrogen and oxygen atoms in total. The summed E-state index contributed by atoms with van der Waals surface area (Å²) in [4.78, 5) is 12.2. The summed E-state index contributed by atoms with van der Waals surface area (Å²) >= 11 is 7.73. The zero-order valence-corrected chi connectivity index (χ0v) is 12.6. The Balaban J connectivity index is 2.21. The number of benzene rings is 1. The second kappa shape index (κ2) is 5.46. The highest BCUT2D eigenvalue weighted by Gasteiger charge is 2.14. The second-order valence-electron chi connectivity index (χ2n) is 3.31. The molecule has 0 aliphatic rings. The summed E-state index contributed by atoms with van der Waals surface area (Å²) in [6, 6.07) is 4.60. The van der Waals surface area contributed by atoms with Crippen molar-refractivity contribution in [1.29, 1.82) is 0 Å². The Hall–Kier alpha value is -0.790. The number of anilines is 1. The zero-order chi connectivity index (χ0) is 13.3. The first-order chi connectivity index (χ1) is 8.47. The van der Waals surface area contributed by atoms with E-state index >= 15 is 0 Å². The third-order valence-electron chi connectivity index (χ3n) is 2.05. The average molecular weight is 397 g/mol. The van der Waals surface area contributed by atoms with Crippen molar-refractivity contribution >= 4 is 54.8 Å². The molecule has 0 radical (unpaired) electrons. The lowest BCUT2D eigenvalue weighted by Crippen LogP contribution is -2.11. The number of carbonyl (C=O) groups excluding carboxylic acids is 1. The summed E-state index contributed by atoms with van der Waals surface area (Å²) in [7, 11) is 0. The van der Waals surface area contributed by atoms with Gasteiger partial charge in [0, 0.05) is 10.5 Å². The lowest BCUT2D eigenvalue weighted by Gasteiger charge is -2.04. The molecule has 2 rings (SSSR count). The molecule has 2 aromatic rings. The first kappa shape index (κ1) is 13.6. The average Bonchev–Trinajstić information content (AvgIpc) is 2.63. The van der Waals surface area contributed by atoms with E-state index in [9.17, 15) is 13.6 Å². The standard InChI is InChI=1S/C11H5Br2F2NOS/c12-6-4-9(18-10(6)13)11(17)16-8-2-1-5(14)3-7(8)15/h1-4H,(H,16,17). The lowest BCUT2D eigenvalue weighted by molar-refractivity contribution is 0.103. The van der Waals surface area contributed by atoms with Crippen LogP contribution >= 0.6 is 43.2 Å². The smallest absolute Gasteiger partial charge is 0.265 e. The molecular weight excluding hydrogens is 392 g/mol. The first-order valence-electron chi connectivity index (χ1n) is 4.68. The Kier molecular flexibility index (Phi) is 4.14. The van der Waals surface area contributed by atoms with E-state index in [1.165, 1.54) is 17.4 Å². The molecule has 18 heavy (non-hydrogen) atoms. The predicted molar refractivity (Wildman–Crippen MR) is 74.0 cm³/mol. The monoisotopic (exact) mass is 395 g/mol. The fourth-order valence-electron chi connectivity index (χ4n) is 1.23. The highest BCUT2D eigenvalue weighted by molar-refractivity contribution is 9.13. The van der Waals surface area contributed by atoms with Gasteiger partial charge in [-0.3, -0.25) is 4.79 Å². The van der Waals surface area contributed by atoms with E-state index in [4.69, 9.17) is 0 Å². The minimum Gasteiger partial charge on any atom is -0.319 e. The van der Waals surface area contributed by atoms with E-state index in [0.717, 1.165) is 20.4 Å². The summed E-state index contributed by atoms with van der Waals surface area (Å²) in [5.41, 5.74) is -0.0537. The molecule has 0 aliphatic carbocycles. The number of amides is 1. The van der Waals surface area contributed by atoms with Gasteiger partial charge in [-0.15, -0.1) is 11.3 Å². The van der Waals surface area contributed by atoms with Crippen LogP contribution in [0.5, 0.6) is 0 Å². The first-order valence-corrected chi connectivity index (χ1v) is 7.09. The molecule has 0 aliphatic heterocycles. The molecule has 1 amide bonds. The maximum Gasteiger partial charge on any atom is 0.265 e.